The Labute approximate surface area is 112 Å². The normalized spacial score (nSPS) is 14.6. The lowest BCUT2D eigenvalue weighted by molar-refractivity contribution is 0.878. The number of aliphatic imine (C=N–C) groups is 1. The zero-order chi connectivity index (χ0) is 12.4. The SMILES string of the molecule is Clc1ccc2c(c1)N=C(c1ccccc1)CCC2. The smallest absolute Gasteiger partial charge is 0.0679 e. The Balaban J connectivity index is 2.07. The maximum atomic E-state index is 6.05. The number of rotatable bonds is 1. The van der Waals surface area contributed by atoms with Crippen molar-refractivity contribution in [3.8, 4) is 0 Å². The fourth-order valence-electron chi connectivity index (χ4n) is 2.34. The van der Waals surface area contributed by atoms with Gasteiger partial charge in [0.25, 0.3) is 0 Å². The van der Waals surface area contributed by atoms with E-state index in [-0.39, 0.29) is 0 Å². The number of halogens is 1. The Morgan fingerprint density at radius 3 is 2.61 bits per heavy atom. The van der Waals surface area contributed by atoms with Crippen molar-refractivity contribution in [3.63, 3.8) is 0 Å². The van der Waals surface area contributed by atoms with Crippen LogP contribution in [-0.2, 0) is 6.42 Å². The third kappa shape index (κ3) is 2.32. The van der Waals surface area contributed by atoms with Crippen molar-refractivity contribution in [2.45, 2.75) is 19.3 Å². The van der Waals surface area contributed by atoms with Crippen LogP contribution in [0.5, 0.6) is 0 Å². The molecule has 90 valence electrons. The minimum atomic E-state index is 0.756. The van der Waals surface area contributed by atoms with Gasteiger partial charge in [-0.2, -0.15) is 0 Å². The number of hydrogen-bond acceptors (Lipinski definition) is 1. The first kappa shape index (κ1) is 11.5. The Kier molecular flexibility index (Phi) is 3.16. The lowest BCUT2D eigenvalue weighted by Gasteiger charge is -2.04. The van der Waals surface area contributed by atoms with Gasteiger partial charge in [-0.1, -0.05) is 48.0 Å². The lowest BCUT2D eigenvalue weighted by Crippen LogP contribution is -1.98. The van der Waals surface area contributed by atoms with Gasteiger partial charge in [0.15, 0.2) is 0 Å². The Morgan fingerprint density at radius 1 is 0.944 bits per heavy atom. The molecule has 0 radical (unpaired) electrons. The van der Waals surface area contributed by atoms with Crippen LogP contribution in [0.15, 0.2) is 53.5 Å². The van der Waals surface area contributed by atoms with Crippen molar-refractivity contribution >= 4 is 23.0 Å². The summed E-state index contributed by atoms with van der Waals surface area (Å²) in [6.07, 6.45) is 3.24. The summed E-state index contributed by atoms with van der Waals surface area (Å²) in [7, 11) is 0. The average Bonchev–Trinajstić information content (AvgIpc) is 2.61. The van der Waals surface area contributed by atoms with Crippen LogP contribution in [0.4, 0.5) is 5.69 Å². The van der Waals surface area contributed by atoms with E-state index < -0.39 is 0 Å². The molecular formula is C16H14ClN. The zero-order valence-corrected chi connectivity index (χ0v) is 10.8. The van der Waals surface area contributed by atoms with E-state index in [9.17, 15) is 0 Å². The van der Waals surface area contributed by atoms with Crippen molar-refractivity contribution in [2.24, 2.45) is 4.99 Å². The highest BCUT2D eigenvalue weighted by molar-refractivity contribution is 6.30. The summed E-state index contributed by atoms with van der Waals surface area (Å²) < 4.78 is 0. The summed E-state index contributed by atoms with van der Waals surface area (Å²) in [5.74, 6) is 0. The summed E-state index contributed by atoms with van der Waals surface area (Å²) in [5.41, 5.74) is 4.70. The number of fused-ring (bicyclic) bond motifs is 1. The molecule has 0 aliphatic carbocycles. The summed E-state index contributed by atoms with van der Waals surface area (Å²) in [6.45, 7) is 0. The van der Waals surface area contributed by atoms with E-state index >= 15 is 0 Å². The standard InChI is InChI=1S/C16H14ClN/c17-14-10-9-13-7-4-8-15(18-16(13)11-14)12-5-2-1-3-6-12/h1-3,5-6,9-11H,4,7-8H2. The Hall–Kier alpha value is -1.60. The van der Waals surface area contributed by atoms with Crippen LogP contribution in [0.1, 0.15) is 24.0 Å². The number of aryl methyl sites for hydroxylation is 1. The first-order valence-corrected chi connectivity index (χ1v) is 6.62. The molecule has 0 unspecified atom stereocenters. The van der Waals surface area contributed by atoms with Crippen LogP contribution in [0.3, 0.4) is 0 Å². The molecule has 2 aromatic carbocycles. The van der Waals surface area contributed by atoms with Crippen molar-refractivity contribution in [1.29, 1.82) is 0 Å². The van der Waals surface area contributed by atoms with Crippen LogP contribution in [0.25, 0.3) is 0 Å². The summed E-state index contributed by atoms with van der Waals surface area (Å²) in [5, 5.41) is 0.756. The minimum absolute atomic E-state index is 0.756. The third-order valence-corrected chi connectivity index (χ3v) is 3.50. The first-order valence-electron chi connectivity index (χ1n) is 6.24. The molecule has 2 heteroatoms. The molecule has 2 aromatic rings. The largest absolute Gasteiger partial charge is 0.253 e. The van der Waals surface area contributed by atoms with Crippen molar-refractivity contribution in [3.05, 3.63) is 64.7 Å². The van der Waals surface area contributed by atoms with Gasteiger partial charge in [-0.25, -0.2) is 0 Å². The molecule has 0 amide bonds. The number of hydrogen-bond donors (Lipinski definition) is 0. The van der Waals surface area contributed by atoms with E-state index in [4.69, 9.17) is 16.6 Å². The number of nitrogens with zero attached hydrogens (tertiary/aromatic N) is 1. The molecular weight excluding hydrogens is 242 g/mol. The van der Waals surface area contributed by atoms with Gasteiger partial charge < -0.3 is 0 Å². The van der Waals surface area contributed by atoms with Crippen LogP contribution in [0.2, 0.25) is 5.02 Å². The molecule has 0 saturated carbocycles. The predicted molar refractivity (Wildman–Crippen MR) is 77.0 cm³/mol. The third-order valence-electron chi connectivity index (χ3n) is 3.27. The zero-order valence-electron chi connectivity index (χ0n) is 10.1. The van der Waals surface area contributed by atoms with E-state index in [1.807, 2.05) is 18.2 Å². The molecule has 0 bridgehead atoms. The quantitative estimate of drug-likeness (QED) is 0.694. The van der Waals surface area contributed by atoms with E-state index in [2.05, 4.69) is 30.3 Å². The van der Waals surface area contributed by atoms with E-state index in [0.29, 0.717) is 0 Å². The molecule has 1 aliphatic heterocycles. The second-order valence-electron chi connectivity index (χ2n) is 4.55. The summed E-state index contributed by atoms with van der Waals surface area (Å²) >= 11 is 6.05. The van der Waals surface area contributed by atoms with Gasteiger partial charge in [0, 0.05) is 10.7 Å². The molecule has 1 nitrogen and oxygen atoms in total. The molecule has 3 rings (SSSR count). The molecule has 0 spiro atoms. The van der Waals surface area contributed by atoms with Gasteiger partial charge in [0.1, 0.15) is 0 Å². The van der Waals surface area contributed by atoms with Gasteiger partial charge in [-0.05, 0) is 42.5 Å². The van der Waals surface area contributed by atoms with Crippen LogP contribution < -0.4 is 0 Å². The minimum Gasteiger partial charge on any atom is -0.253 e. The summed E-state index contributed by atoms with van der Waals surface area (Å²) in [4.78, 5) is 4.80. The Morgan fingerprint density at radius 2 is 1.78 bits per heavy atom. The van der Waals surface area contributed by atoms with Gasteiger partial charge >= 0.3 is 0 Å². The second-order valence-corrected chi connectivity index (χ2v) is 4.99. The number of benzene rings is 2. The van der Waals surface area contributed by atoms with Gasteiger partial charge in [0.05, 0.1) is 5.69 Å². The maximum Gasteiger partial charge on any atom is 0.0679 e. The molecule has 0 saturated heterocycles. The van der Waals surface area contributed by atoms with E-state index in [0.717, 1.165) is 35.7 Å². The molecule has 18 heavy (non-hydrogen) atoms. The van der Waals surface area contributed by atoms with Crippen molar-refractivity contribution < 1.29 is 0 Å². The molecule has 0 atom stereocenters. The highest BCUT2D eigenvalue weighted by Crippen LogP contribution is 2.29. The average molecular weight is 256 g/mol. The maximum absolute atomic E-state index is 6.05. The second kappa shape index (κ2) is 4.95. The van der Waals surface area contributed by atoms with Crippen molar-refractivity contribution in [1.82, 2.24) is 0 Å². The molecule has 0 N–H and O–H groups in total. The topological polar surface area (TPSA) is 12.4 Å². The van der Waals surface area contributed by atoms with Crippen LogP contribution in [0, 0.1) is 0 Å². The highest BCUT2D eigenvalue weighted by atomic mass is 35.5. The van der Waals surface area contributed by atoms with Crippen molar-refractivity contribution in [2.75, 3.05) is 0 Å². The van der Waals surface area contributed by atoms with Crippen LogP contribution in [-0.4, -0.2) is 5.71 Å². The van der Waals surface area contributed by atoms with Gasteiger partial charge in [-0.3, -0.25) is 4.99 Å². The first-order chi connectivity index (χ1) is 8.83. The highest BCUT2D eigenvalue weighted by Gasteiger charge is 2.11. The molecule has 0 fully saturated rings. The van der Waals surface area contributed by atoms with Gasteiger partial charge in [0.2, 0.25) is 0 Å². The lowest BCUT2D eigenvalue weighted by atomic mass is 10.0. The Bertz CT molecular complexity index is 587. The molecule has 1 heterocycles. The molecule has 0 aromatic heterocycles. The molecule has 1 aliphatic rings. The summed E-state index contributed by atoms with van der Waals surface area (Å²) in [6, 6.07) is 16.4. The monoisotopic (exact) mass is 255 g/mol. The fraction of sp³-hybridized carbons (Fsp3) is 0.188. The van der Waals surface area contributed by atoms with E-state index in [1.165, 1.54) is 11.1 Å². The van der Waals surface area contributed by atoms with Crippen LogP contribution >= 0.6 is 11.6 Å². The predicted octanol–water partition coefficient (Wildman–Crippen LogP) is 4.80. The van der Waals surface area contributed by atoms with E-state index in [1.54, 1.807) is 0 Å². The fourth-order valence-corrected chi connectivity index (χ4v) is 2.51. The van der Waals surface area contributed by atoms with Gasteiger partial charge in [-0.15, -0.1) is 0 Å².